The van der Waals surface area contributed by atoms with Crippen LogP contribution < -0.4 is 5.32 Å². The number of hydrogen-bond donors (Lipinski definition) is 1. The van der Waals surface area contributed by atoms with Gasteiger partial charge in [-0.05, 0) is 31.2 Å². The summed E-state index contributed by atoms with van der Waals surface area (Å²) in [6.45, 7) is 5.73. The van der Waals surface area contributed by atoms with Gasteiger partial charge in [-0.2, -0.15) is 0 Å². The van der Waals surface area contributed by atoms with Crippen molar-refractivity contribution in [1.82, 2.24) is 20.1 Å². The highest BCUT2D eigenvalue weighted by atomic mass is 32.2. The normalized spacial score (nSPS) is 15.2. The van der Waals surface area contributed by atoms with Crippen LogP contribution in [0.15, 0.2) is 35.5 Å². The monoisotopic (exact) mass is 344 g/mol. The van der Waals surface area contributed by atoms with E-state index in [0.29, 0.717) is 24.1 Å². The smallest absolute Gasteiger partial charge is 0.230 e. The molecule has 1 N–H and O–H groups in total. The number of hydrogen-bond acceptors (Lipinski definition) is 4. The van der Waals surface area contributed by atoms with Gasteiger partial charge in [0.15, 0.2) is 5.16 Å². The fourth-order valence-corrected chi connectivity index (χ4v) is 3.53. The molecule has 1 heterocycles. The maximum atomic E-state index is 12.1. The van der Waals surface area contributed by atoms with Crippen LogP contribution in [0.3, 0.4) is 0 Å². The van der Waals surface area contributed by atoms with Gasteiger partial charge in [0.05, 0.1) is 5.75 Å². The lowest BCUT2D eigenvalue weighted by Crippen LogP contribution is -2.29. The summed E-state index contributed by atoms with van der Waals surface area (Å²) in [5, 5.41) is 12.4. The van der Waals surface area contributed by atoms with Crippen molar-refractivity contribution >= 4 is 17.7 Å². The van der Waals surface area contributed by atoms with Crippen molar-refractivity contribution in [3.63, 3.8) is 0 Å². The third kappa shape index (κ3) is 4.17. The van der Waals surface area contributed by atoms with Crippen LogP contribution in [-0.4, -0.2) is 33.0 Å². The first kappa shape index (κ1) is 17.0. The predicted molar refractivity (Wildman–Crippen MR) is 96.3 cm³/mol. The average molecular weight is 344 g/mol. The molecule has 1 aromatic heterocycles. The molecule has 0 saturated heterocycles. The molecule has 0 bridgehead atoms. The fraction of sp³-hybridized carbons (Fsp3) is 0.500. The van der Waals surface area contributed by atoms with Crippen LogP contribution in [0.2, 0.25) is 0 Å². The van der Waals surface area contributed by atoms with Gasteiger partial charge in [0, 0.05) is 19.0 Å². The number of aromatic nitrogens is 3. The molecule has 0 aliphatic heterocycles. The van der Waals surface area contributed by atoms with Crippen LogP contribution in [0.1, 0.15) is 49.9 Å². The van der Waals surface area contributed by atoms with Gasteiger partial charge in [-0.1, -0.05) is 49.0 Å². The SMILES string of the molecule is CCn1c(SCC(=O)NC[C@H](C)c2ccccc2)nnc1C1CC1. The number of rotatable bonds is 8. The van der Waals surface area contributed by atoms with E-state index < -0.39 is 0 Å². The average Bonchev–Trinajstić information content (AvgIpc) is 3.38. The molecule has 1 aromatic carbocycles. The highest BCUT2D eigenvalue weighted by Gasteiger charge is 2.30. The Morgan fingerprint density at radius 1 is 1.33 bits per heavy atom. The molecule has 1 aliphatic carbocycles. The Balaban J connectivity index is 1.47. The van der Waals surface area contributed by atoms with E-state index in [1.165, 1.54) is 30.2 Å². The van der Waals surface area contributed by atoms with Gasteiger partial charge in [-0.25, -0.2) is 0 Å². The number of benzene rings is 1. The molecule has 24 heavy (non-hydrogen) atoms. The Labute approximate surface area is 147 Å². The second-order valence-corrected chi connectivity index (χ2v) is 7.21. The van der Waals surface area contributed by atoms with Crippen molar-refractivity contribution in [2.24, 2.45) is 0 Å². The Morgan fingerprint density at radius 3 is 2.75 bits per heavy atom. The van der Waals surface area contributed by atoms with Crippen LogP contribution >= 0.6 is 11.8 Å². The third-order valence-electron chi connectivity index (χ3n) is 4.31. The molecule has 0 spiro atoms. The van der Waals surface area contributed by atoms with Gasteiger partial charge < -0.3 is 9.88 Å². The van der Waals surface area contributed by atoms with E-state index in [0.717, 1.165) is 17.5 Å². The van der Waals surface area contributed by atoms with Crippen molar-refractivity contribution in [2.75, 3.05) is 12.3 Å². The molecule has 3 rings (SSSR count). The molecular weight excluding hydrogens is 320 g/mol. The van der Waals surface area contributed by atoms with Crippen LogP contribution in [0.4, 0.5) is 0 Å². The van der Waals surface area contributed by atoms with Crippen LogP contribution in [-0.2, 0) is 11.3 Å². The second-order valence-electron chi connectivity index (χ2n) is 6.26. The van der Waals surface area contributed by atoms with Gasteiger partial charge in [-0.3, -0.25) is 4.79 Å². The molecule has 1 aliphatic rings. The van der Waals surface area contributed by atoms with Crippen LogP contribution in [0.25, 0.3) is 0 Å². The predicted octanol–water partition coefficient (Wildman–Crippen LogP) is 3.19. The number of amides is 1. The van der Waals surface area contributed by atoms with E-state index in [9.17, 15) is 4.79 Å². The Kier molecular flexibility index (Phi) is 5.56. The van der Waals surface area contributed by atoms with Gasteiger partial charge >= 0.3 is 0 Å². The molecule has 1 fully saturated rings. The largest absolute Gasteiger partial charge is 0.355 e. The number of nitrogens with zero attached hydrogens (tertiary/aromatic N) is 3. The molecule has 1 amide bonds. The topological polar surface area (TPSA) is 59.8 Å². The zero-order valence-corrected chi connectivity index (χ0v) is 15.1. The van der Waals surface area contributed by atoms with E-state index in [4.69, 9.17) is 0 Å². The van der Waals surface area contributed by atoms with Crippen molar-refractivity contribution in [1.29, 1.82) is 0 Å². The molecule has 2 aromatic rings. The summed E-state index contributed by atoms with van der Waals surface area (Å²) in [7, 11) is 0. The number of thioether (sulfide) groups is 1. The highest BCUT2D eigenvalue weighted by Crippen LogP contribution is 2.39. The van der Waals surface area contributed by atoms with Crippen LogP contribution in [0.5, 0.6) is 0 Å². The molecule has 0 radical (unpaired) electrons. The first-order chi connectivity index (χ1) is 11.7. The van der Waals surface area contributed by atoms with Crippen molar-refractivity contribution in [2.45, 2.75) is 50.2 Å². The second kappa shape index (κ2) is 7.83. The number of nitrogens with one attached hydrogen (secondary N) is 1. The molecule has 1 atom stereocenters. The molecule has 5 nitrogen and oxygen atoms in total. The Morgan fingerprint density at radius 2 is 2.08 bits per heavy atom. The maximum absolute atomic E-state index is 12.1. The van der Waals surface area contributed by atoms with E-state index >= 15 is 0 Å². The number of carbonyl (C=O) groups is 1. The van der Waals surface area contributed by atoms with Crippen molar-refractivity contribution < 1.29 is 4.79 Å². The lowest BCUT2D eigenvalue weighted by molar-refractivity contribution is -0.118. The zero-order valence-electron chi connectivity index (χ0n) is 14.2. The summed E-state index contributed by atoms with van der Waals surface area (Å²) in [4.78, 5) is 12.1. The first-order valence-corrected chi connectivity index (χ1v) is 9.55. The standard InChI is InChI=1S/C18H24N4OS/c1-3-22-17(15-9-10-15)20-21-18(22)24-12-16(23)19-11-13(2)14-7-5-4-6-8-14/h4-8,13,15H,3,9-12H2,1-2H3,(H,19,23)/t13-/m0/s1. The zero-order chi connectivity index (χ0) is 16.9. The minimum atomic E-state index is 0.0430. The minimum Gasteiger partial charge on any atom is -0.355 e. The summed E-state index contributed by atoms with van der Waals surface area (Å²) >= 11 is 1.47. The molecule has 0 unspecified atom stereocenters. The summed E-state index contributed by atoms with van der Waals surface area (Å²) in [5.74, 6) is 2.39. The van der Waals surface area contributed by atoms with E-state index in [2.05, 4.69) is 46.1 Å². The molecule has 128 valence electrons. The Bertz CT molecular complexity index is 682. The highest BCUT2D eigenvalue weighted by molar-refractivity contribution is 7.99. The van der Waals surface area contributed by atoms with Gasteiger partial charge in [0.25, 0.3) is 0 Å². The molecule has 6 heteroatoms. The third-order valence-corrected chi connectivity index (χ3v) is 5.28. The van der Waals surface area contributed by atoms with Gasteiger partial charge in [-0.15, -0.1) is 10.2 Å². The van der Waals surface area contributed by atoms with E-state index in [1.807, 2.05) is 18.2 Å². The van der Waals surface area contributed by atoms with Gasteiger partial charge in [0.2, 0.25) is 5.91 Å². The van der Waals surface area contributed by atoms with Crippen LogP contribution in [0, 0.1) is 0 Å². The van der Waals surface area contributed by atoms with E-state index in [-0.39, 0.29) is 5.91 Å². The lowest BCUT2D eigenvalue weighted by Gasteiger charge is -2.13. The van der Waals surface area contributed by atoms with Gasteiger partial charge in [0.1, 0.15) is 5.82 Å². The maximum Gasteiger partial charge on any atom is 0.230 e. The summed E-state index contributed by atoms with van der Waals surface area (Å²) in [6.07, 6.45) is 2.42. The van der Waals surface area contributed by atoms with E-state index in [1.54, 1.807) is 0 Å². The van der Waals surface area contributed by atoms with Crippen molar-refractivity contribution in [3.8, 4) is 0 Å². The summed E-state index contributed by atoms with van der Waals surface area (Å²) < 4.78 is 2.14. The summed E-state index contributed by atoms with van der Waals surface area (Å²) in [5.41, 5.74) is 1.24. The minimum absolute atomic E-state index is 0.0430. The quantitative estimate of drug-likeness (QED) is 0.747. The summed E-state index contributed by atoms with van der Waals surface area (Å²) in [6, 6.07) is 10.2. The number of carbonyl (C=O) groups excluding carboxylic acids is 1. The fourth-order valence-electron chi connectivity index (χ4n) is 2.70. The first-order valence-electron chi connectivity index (χ1n) is 8.56. The Hall–Kier alpha value is -1.82. The lowest BCUT2D eigenvalue weighted by atomic mass is 10.0. The molecular formula is C18H24N4OS. The van der Waals surface area contributed by atoms with Crippen molar-refractivity contribution in [3.05, 3.63) is 41.7 Å². The molecule has 1 saturated carbocycles.